The fraction of sp³-hybridized carbons (Fsp3) is 0.211. The molecular weight excluding hydrogens is 333 g/mol. The maximum atomic E-state index is 13.2. The van der Waals surface area contributed by atoms with Crippen molar-refractivity contribution in [2.45, 2.75) is 12.5 Å². The van der Waals surface area contributed by atoms with Crippen LogP contribution in [0, 0.1) is 5.82 Å². The van der Waals surface area contributed by atoms with E-state index in [-0.39, 0.29) is 24.2 Å². The third-order valence-electron chi connectivity index (χ3n) is 4.64. The van der Waals surface area contributed by atoms with E-state index in [1.54, 1.807) is 18.2 Å². The van der Waals surface area contributed by atoms with E-state index in [0.29, 0.717) is 5.56 Å². The summed E-state index contributed by atoms with van der Waals surface area (Å²) < 4.78 is 13.2. The van der Waals surface area contributed by atoms with Crippen LogP contribution in [0.4, 0.5) is 10.1 Å². The largest absolute Gasteiger partial charge is 0.373 e. The normalized spacial score (nSPS) is 15.8. The number of carbonyl (C=O) groups is 1. The highest BCUT2D eigenvalue weighted by Crippen LogP contribution is 2.38. The highest BCUT2D eigenvalue weighted by Gasteiger charge is 2.30. The lowest BCUT2D eigenvalue weighted by molar-refractivity contribution is 0.0951. The summed E-state index contributed by atoms with van der Waals surface area (Å²) in [6.45, 7) is 1.05. The number of halogens is 1. The summed E-state index contributed by atoms with van der Waals surface area (Å²) >= 11 is 0. The number of nitrogens with zero attached hydrogens (tertiary/aromatic N) is 3. The maximum Gasteiger partial charge on any atom is 0.251 e. The number of hydrogen-bond donors (Lipinski definition) is 2. The maximum absolute atomic E-state index is 13.2. The number of amides is 1. The zero-order chi connectivity index (χ0) is 18.1. The molecule has 1 atom stereocenters. The van der Waals surface area contributed by atoms with E-state index in [1.165, 1.54) is 18.5 Å². The summed E-state index contributed by atoms with van der Waals surface area (Å²) in [5.74, 6) is 0.330. The first-order chi connectivity index (χ1) is 12.6. The number of rotatable bonds is 4. The average molecular weight is 351 g/mol. The molecule has 7 heteroatoms. The van der Waals surface area contributed by atoms with E-state index in [2.05, 4.69) is 25.4 Å². The molecule has 0 spiro atoms. The molecule has 3 aromatic rings. The third kappa shape index (κ3) is 3.03. The number of fused-ring (bicyclic) bond motifs is 1. The first-order valence-corrected chi connectivity index (χ1v) is 8.35. The van der Waals surface area contributed by atoms with Gasteiger partial charge < -0.3 is 10.2 Å². The van der Waals surface area contributed by atoms with Crippen LogP contribution >= 0.6 is 0 Å². The number of benzene rings is 2. The SMILES string of the molecule is CN1CC(c2ncn[nH]2)c2cc(C(=O)NCc3cccc(F)c3)ccc21. The lowest BCUT2D eigenvalue weighted by atomic mass is 9.98. The van der Waals surface area contributed by atoms with Gasteiger partial charge >= 0.3 is 0 Å². The number of likely N-dealkylation sites (N-methyl/N-ethyl adjacent to an activating group) is 1. The Morgan fingerprint density at radius 3 is 3.00 bits per heavy atom. The van der Waals surface area contributed by atoms with Crippen molar-refractivity contribution in [3.63, 3.8) is 0 Å². The smallest absolute Gasteiger partial charge is 0.251 e. The van der Waals surface area contributed by atoms with Gasteiger partial charge in [-0.15, -0.1) is 0 Å². The number of carbonyl (C=O) groups excluding carboxylic acids is 1. The molecule has 0 fully saturated rings. The van der Waals surface area contributed by atoms with Crippen LogP contribution < -0.4 is 10.2 Å². The van der Waals surface area contributed by atoms with E-state index < -0.39 is 0 Å². The number of aromatic nitrogens is 3. The van der Waals surface area contributed by atoms with Gasteiger partial charge in [0, 0.05) is 31.4 Å². The van der Waals surface area contributed by atoms with Gasteiger partial charge in [-0.1, -0.05) is 12.1 Å². The Balaban J connectivity index is 1.54. The topological polar surface area (TPSA) is 73.9 Å². The molecule has 1 unspecified atom stereocenters. The zero-order valence-corrected chi connectivity index (χ0v) is 14.2. The Labute approximate surface area is 150 Å². The Hall–Kier alpha value is -3.22. The van der Waals surface area contributed by atoms with E-state index in [1.807, 2.05) is 19.2 Å². The third-order valence-corrected chi connectivity index (χ3v) is 4.64. The molecule has 0 aliphatic carbocycles. The second-order valence-electron chi connectivity index (χ2n) is 6.39. The predicted octanol–water partition coefficient (Wildman–Crippen LogP) is 2.46. The first kappa shape index (κ1) is 16.3. The standard InChI is InChI=1S/C19H18FN5O/c1-25-10-16(18-22-11-23-24-18)15-8-13(5-6-17(15)25)19(26)21-9-12-3-2-4-14(20)7-12/h2-8,11,16H,9-10H2,1H3,(H,21,26)(H,22,23,24). The van der Waals surface area contributed by atoms with Gasteiger partial charge in [-0.25, -0.2) is 9.37 Å². The van der Waals surface area contributed by atoms with Gasteiger partial charge in [-0.3, -0.25) is 9.89 Å². The second-order valence-corrected chi connectivity index (χ2v) is 6.39. The van der Waals surface area contributed by atoms with Crippen molar-refractivity contribution >= 4 is 11.6 Å². The van der Waals surface area contributed by atoms with Gasteiger partial charge in [0.1, 0.15) is 18.0 Å². The Morgan fingerprint density at radius 2 is 2.23 bits per heavy atom. The minimum Gasteiger partial charge on any atom is -0.373 e. The molecule has 1 aliphatic heterocycles. The summed E-state index contributed by atoms with van der Waals surface area (Å²) in [6, 6.07) is 11.9. The van der Waals surface area contributed by atoms with Crippen LogP contribution in [0.25, 0.3) is 0 Å². The molecule has 0 bridgehead atoms. The van der Waals surface area contributed by atoms with Crippen molar-refractivity contribution in [3.8, 4) is 0 Å². The van der Waals surface area contributed by atoms with E-state index in [9.17, 15) is 9.18 Å². The number of hydrogen-bond acceptors (Lipinski definition) is 4. The molecule has 26 heavy (non-hydrogen) atoms. The second kappa shape index (κ2) is 6.59. The van der Waals surface area contributed by atoms with Crippen molar-refractivity contribution in [3.05, 3.63) is 77.1 Å². The quantitative estimate of drug-likeness (QED) is 0.757. The summed E-state index contributed by atoms with van der Waals surface area (Å²) in [6.07, 6.45) is 1.49. The lowest BCUT2D eigenvalue weighted by Gasteiger charge is -2.12. The van der Waals surface area contributed by atoms with Crippen molar-refractivity contribution in [2.24, 2.45) is 0 Å². The minimum atomic E-state index is -0.313. The summed E-state index contributed by atoms with van der Waals surface area (Å²) in [5.41, 5.74) is 3.41. The molecule has 132 valence electrons. The number of H-pyrrole nitrogens is 1. The van der Waals surface area contributed by atoms with Crippen LogP contribution in [0.3, 0.4) is 0 Å². The van der Waals surface area contributed by atoms with Crippen molar-refractivity contribution in [1.82, 2.24) is 20.5 Å². The van der Waals surface area contributed by atoms with Gasteiger partial charge in [0.25, 0.3) is 5.91 Å². The lowest BCUT2D eigenvalue weighted by Crippen LogP contribution is -2.23. The van der Waals surface area contributed by atoms with Gasteiger partial charge in [0.2, 0.25) is 0 Å². The fourth-order valence-corrected chi connectivity index (χ4v) is 3.34. The van der Waals surface area contributed by atoms with Crippen LogP contribution in [0.1, 0.15) is 33.2 Å². The van der Waals surface area contributed by atoms with Gasteiger partial charge in [0.05, 0.1) is 5.92 Å². The predicted molar refractivity (Wildman–Crippen MR) is 95.5 cm³/mol. The highest BCUT2D eigenvalue weighted by molar-refractivity contribution is 5.95. The van der Waals surface area contributed by atoms with Gasteiger partial charge in [-0.05, 0) is 41.5 Å². The van der Waals surface area contributed by atoms with Crippen LogP contribution in [-0.2, 0) is 6.54 Å². The average Bonchev–Trinajstić information content (AvgIpc) is 3.28. The monoisotopic (exact) mass is 351 g/mol. The van der Waals surface area contributed by atoms with Crippen LogP contribution in [0.5, 0.6) is 0 Å². The fourth-order valence-electron chi connectivity index (χ4n) is 3.34. The van der Waals surface area contributed by atoms with E-state index in [4.69, 9.17) is 0 Å². The molecule has 2 heterocycles. The summed E-state index contributed by atoms with van der Waals surface area (Å²) in [5, 5.41) is 9.68. The number of aromatic amines is 1. The van der Waals surface area contributed by atoms with Crippen molar-refractivity contribution in [2.75, 3.05) is 18.5 Å². The number of anilines is 1. The zero-order valence-electron chi connectivity index (χ0n) is 14.2. The molecule has 0 saturated carbocycles. The molecule has 0 radical (unpaired) electrons. The van der Waals surface area contributed by atoms with Crippen molar-refractivity contribution < 1.29 is 9.18 Å². The highest BCUT2D eigenvalue weighted by atomic mass is 19.1. The molecule has 2 N–H and O–H groups in total. The van der Waals surface area contributed by atoms with E-state index in [0.717, 1.165) is 29.2 Å². The van der Waals surface area contributed by atoms with Crippen LogP contribution in [0.2, 0.25) is 0 Å². The van der Waals surface area contributed by atoms with Crippen LogP contribution in [-0.4, -0.2) is 34.7 Å². The molecule has 1 aromatic heterocycles. The molecule has 2 aromatic carbocycles. The molecule has 1 amide bonds. The molecule has 6 nitrogen and oxygen atoms in total. The Morgan fingerprint density at radius 1 is 1.35 bits per heavy atom. The first-order valence-electron chi connectivity index (χ1n) is 8.35. The molecule has 4 rings (SSSR count). The Kier molecular flexibility index (Phi) is 4.12. The van der Waals surface area contributed by atoms with Gasteiger partial charge in [-0.2, -0.15) is 5.10 Å². The minimum absolute atomic E-state index is 0.0495. The van der Waals surface area contributed by atoms with Crippen LogP contribution in [0.15, 0.2) is 48.8 Å². The van der Waals surface area contributed by atoms with E-state index >= 15 is 0 Å². The molecule has 1 aliphatic rings. The van der Waals surface area contributed by atoms with Crippen molar-refractivity contribution in [1.29, 1.82) is 0 Å². The summed E-state index contributed by atoms with van der Waals surface area (Å²) in [7, 11) is 2.01. The summed E-state index contributed by atoms with van der Waals surface area (Å²) in [4.78, 5) is 18.9. The molecular formula is C19H18FN5O. The van der Waals surface area contributed by atoms with Gasteiger partial charge in [0.15, 0.2) is 0 Å². The molecule has 0 saturated heterocycles. The Bertz CT molecular complexity index is 941. The number of nitrogens with one attached hydrogen (secondary N) is 2.